The molecule has 2 atom stereocenters. The predicted molar refractivity (Wildman–Crippen MR) is 153 cm³/mol. The number of benzene rings is 2. The number of hydrogen-bond donors (Lipinski definition) is 2. The molecule has 0 aliphatic carbocycles. The maximum Gasteiger partial charge on any atom is 0.254 e. The number of carbonyl (C=O) groups is 2. The minimum absolute atomic E-state index is 0.0284. The Hall–Kier alpha value is -2.96. The molecule has 2 amide bonds. The van der Waals surface area contributed by atoms with Crippen LogP contribution in [0.4, 0.5) is 0 Å². The minimum Gasteiger partial charge on any atom is -0.355 e. The summed E-state index contributed by atoms with van der Waals surface area (Å²) in [5.41, 5.74) is 4.24. The third kappa shape index (κ3) is 5.87. The average molecular weight is 531 g/mol. The molecule has 3 heterocycles. The molecule has 1 aromatic heterocycles. The molecule has 2 N–H and O–H groups in total. The van der Waals surface area contributed by atoms with Crippen LogP contribution < -0.4 is 10.2 Å². The molecular weight excluding hydrogens is 490 g/mol. The molecule has 0 radical (unpaired) electrons. The molecule has 0 spiro atoms. The Labute approximate surface area is 230 Å². The van der Waals surface area contributed by atoms with Crippen molar-refractivity contribution in [2.75, 3.05) is 26.2 Å². The van der Waals surface area contributed by atoms with Gasteiger partial charge in [0.1, 0.15) is 6.54 Å². The van der Waals surface area contributed by atoms with E-state index in [4.69, 9.17) is 0 Å². The number of amides is 2. The topological polar surface area (TPSA) is 53.9 Å². The summed E-state index contributed by atoms with van der Waals surface area (Å²) in [7, 11) is 0. The van der Waals surface area contributed by atoms with Crippen LogP contribution in [0.5, 0.6) is 0 Å². The van der Waals surface area contributed by atoms with Crippen LogP contribution >= 0.6 is 11.3 Å². The summed E-state index contributed by atoms with van der Waals surface area (Å²) in [4.78, 5) is 32.2. The van der Waals surface area contributed by atoms with E-state index in [0.29, 0.717) is 30.5 Å². The van der Waals surface area contributed by atoms with Gasteiger partial charge in [-0.05, 0) is 41.8 Å². The van der Waals surface area contributed by atoms with Gasteiger partial charge in [-0.2, -0.15) is 0 Å². The van der Waals surface area contributed by atoms with Crippen LogP contribution in [0.3, 0.4) is 0 Å². The molecule has 6 heteroatoms. The van der Waals surface area contributed by atoms with Gasteiger partial charge in [-0.25, -0.2) is 0 Å². The fraction of sp³-hybridized carbons (Fsp3) is 0.438. The number of likely N-dealkylation sites (tertiary alicyclic amines) is 1. The zero-order valence-electron chi connectivity index (χ0n) is 22.8. The molecule has 1 fully saturated rings. The molecule has 2 aliphatic rings. The van der Waals surface area contributed by atoms with E-state index in [1.54, 1.807) is 16.2 Å². The summed E-state index contributed by atoms with van der Waals surface area (Å²) in [5.74, 6) is 0.455. The zero-order valence-corrected chi connectivity index (χ0v) is 23.6. The van der Waals surface area contributed by atoms with Crippen LogP contribution in [0.25, 0.3) is 0 Å². The highest BCUT2D eigenvalue weighted by atomic mass is 32.1. The molecule has 5 nitrogen and oxygen atoms in total. The van der Waals surface area contributed by atoms with Crippen molar-refractivity contribution in [2.45, 2.75) is 52.1 Å². The highest BCUT2D eigenvalue weighted by molar-refractivity contribution is 7.10. The fourth-order valence-electron chi connectivity index (χ4n) is 6.18. The zero-order chi connectivity index (χ0) is 26.6. The van der Waals surface area contributed by atoms with E-state index in [2.05, 4.69) is 56.4 Å². The molecule has 2 aliphatic heterocycles. The van der Waals surface area contributed by atoms with Gasteiger partial charge in [0, 0.05) is 41.9 Å². The number of quaternary nitrogens is 1. The Bertz CT molecular complexity index is 1250. The second kappa shape index (κ2) is 11.8. The van der Waals surface area contributed by atoms with E-state index in [-0.39, 0.29) is 17.9 Å². The number of fused-ring (bicyclic) bond motifs is 1. The van der Waals surface area contributed by atoms with Crippen LogP contribution in [0, 0.1) is 18.8 Å². The minimum atomic E-state index is -0.409. The molecule has 1 saturated heterocycles. The first-order valence-corrected chi connectivity index (χ1v) is 14.9. The number of nitrogens with zero attached hydrogens (tertiary/aromatic N) is 1. The van der Waals surface area contributed by atoms with Gasteiger partial charge >= 0.3 is 0 Å². The number of thiophene rings is 1. The summed E-state index contributed by atoms with van der Waals surface area (Å²) in [5, 5.41) is 5.37. The SMILES string of the molecule is Cc1cccc(C[NH+]2CCC(CNC(=O)C3c4ccccc4C(=O)N(CC(C)C)C3c3cccs3)CC2)c1. The Morgan fingerprint density at radius 2 is 1.87 bits per heavy atom. The smallest absolute Gasteiger partial charge is 0.254 e. The second-order valence-electron chi connectivity index (χ2n) is 11.5. The molecule has 3 aromatic rings. The number of aryl methyl sites for hydroxylation is 1. The first-order valence-electron chi connectivity index (χ1n) is 14.0. The van der Waals surface area contributed by atoms with E-state index in [0.717, 1.165) is 42.9 Å². The Morgan fingerprint density at radius 3 is 2.58 bits per heavy atom. The van der Waals surface area contributed by atoms with Gasteiger partial charge in [-0.3, -0.25) is 9.59 Å². The maximum atomic E-state index is 13.9. The highest BCUT2D eigenvalue weighted by Crippen LogP contribution is 2.44. The molecule has 0 bridgehead atoms. The molecule has 200 valence electrons. The van der Waals surface area contributed by atoms with E-state index in [1.165, 1.54) is 11.1 Å². The van der Waals surface area contributed by atoms with Crippen molar-refractivity contribution in [3.63, 3.8) is 0 Å². The number of piperidine rings is 1. The lowest BCUT2D eigenvalue weighted by atomic mass is 9.81. The largest absolute Gasteiger partial charge is 0.355 e. The molecular formula is C32H40N3O2S+. The fourth-order valence-corrected chi connectivity index (χ4v) is 7.05. The van der Waals surface area contributed by atoms with Crippen molar-refractivity contribution in [2.24, 2.45) is 11.8 Å². The van der Waals surface area contributed by atoms with Crippen molar-refractivity contribution in [3.05, 3.63) is 93.2 Å². The summed E-state index contributed by atoms with van der Waals surface area (Å²) < 4.78 is 0. The highest BCUT2D eigenvalue weighted by Gasteiger charge is 2.44. The number of hydrogen-bond acceptors (Lipinski definition) is 3. The Morgan fingerprint density at radius 1 is 1.08 bits per heavy atom. The van der Waals surface area contributed by atoms with Crippen molar-refractivity contribution in [1.82, 2.24) is 10.2 Å². The van der Waals surface area contributed by atoms with Crippen molar-refractivity contribution in [1.29, 1.82) is 0 Å². The number of rotatable bonds is 8. The average Bonchev–Trinajstić information content (AvgIpc) is 3.44. The van der Waals surface area contributed by atoms with Gasteiger partial charge in [0.05, 0.1) is 25.0 Å². The maximum absolute atomic E-state index is 13.9. The van der Waals surface area contributed by atoms with Crippen LogP contribution in [-0.4, -0.2) is 42.9 Å². The lowest BCUT2D eigenvalue weighted by molar-refractivity contribution is -0.919. The van der Waals surface area contributed by atoms with Gasteiger partial charge < -0.3 is 15.1 Å². The monoisotopic (exact) mass is 530 g/mol. The van der Waals surface area contributed by atoms with Crippen LogP contribution in [-0.2, 0) is 11.3 Å². The molecule has 0 saturated carbocycles. The summed E-state index contributed by atoms with van der Waals surface area (Å²) in [6.07, 6.45) is 2.24. The molecule has 2 aromatic carbocycles. The van der Waals surface area contributed by atoms with E-state index in [1.807, 2.05) is 40.6 Å². The van der Waals surface area contributed by atoms with Gasteiger partial charge in [0.2, 0.25) is 5.91 Å². The Kier molecular flexibility index (Phi) is 8.29. The third-order valence-electron chi connectivity index (χ3n) is 8.03. The number of carbonyl (C=O) groups excluding carboxylic acids is 2. The predicted octanol–water partition coefficient (Wildman–Crippen LogP) is 4.60. The Balaban J connectivity index is 1.28. The van der Waals surface area contributed by atoms with Crippen LogP contribution in [0.2, 0.25) is 0 Å². The van der Waals surface area contributed by atoms with E-state index < -0.39 is 5.92 Å². The quantitative estimate of drug-likeness (QED) is 0.447. The number of nitrogens with one attached hydrogen (secondary N) is 2. The van der Waals surface area contributed by atoms with Crippen molar-refractivity contribution in [3.8, 4) is 0 Å². The van der Waals surface area contributed by atoms with Crippen molar-refractivity contribution >= 4 is 23.2 Å². The standard InChI is InChI=1S/C32H39N3O2S/c1-22(2)20-35-30(28-12-7-17-38-28)29(26-10-4-5-11-27(26)32(35)37)31(36)33-19-24-13-15-34(16-14-24)21-25-9-6-8-23(3)18-25/h4-12,17-18,22,24,29-30H,13-16,19-21H2,1-3H3,(H,33,36)/p+1. The first-order chi connectivity index (χ1) is 18.4. The van der Waals surface area contributed by atoms with E-state index in [9.17, 15) is 9.59 Å². The lowest BCUT2D eigenvalue weighted by Crippen LogP contribution is -3.11. The normalized spacial score (nSPS) is 23.4. The van der Waals surface area contributed by atoms with Crippen LogP contribution in [0.1, 0.15) is 70.6 Å². The summed E-state index contributed by atoms with van der Waals surface area (Å²) in [6, 6.07) is 20.3. The molecule has 38 heavy (non-hydrogen) atoms. The first kappa shape index (κ1) is 26.6. The van der Waals surface area contributed by atoms with E-state index >= 15 is 0 Å². The summed E-state index contributed by atoms with van der Waals surface area (Å²) >= 11 is 1.63. The van der Waals surface area contributed by atoms with Gasteiger partial charge in [0.25, 0.3) is 5.91 Å². The lowest BCUT2D eigenvalue weighted by Gasteiger charge is -2.42. The van der Waals surface area contributed by atoms with Gasteiger partial charge in [-0.1, -0.05) is 67.9 Å². The molecule has 2 unspecified atom stereocenters. The molecule has 5 rings (SSSR count). The van der Waals surface area contributed by atoms with Gasteiger partial charge in [0.15, 0.2) is 0 Å². The van der Waals surface area contributed by atoms with Crippen LogP contribution in [0.15, 0.2) is 66.0 Å². The third-order valence-corrected chi connectivity index (χ3v) is 8.97. The summed E-state index contributed by atoms with van der Waals surface area (Å²) in [6.45, 7) is 11.1. The van der Waals surface area contributed by atoms with Gasteiger partial charge in [-0.15, -0.1) is 11.3 Å². The van der Waals surface area contributed by atoms with Crippen molar-refractivity contribution < 1.29 is 14.5 Å². The second-order valence-corrected chi connectivity index (χ2v) is 12.5.